The molecule has 9 nitrogen and oxygen atoms in total. The SMILES string of the molecule is CC(C)Oc1nc(N2C[C@H]3CCN(C(=O)OC(C)(C)C)[C@H]3C2)ccc1[N+](=O)[O-]. The standard InChI is InChI=1S/C19H28N4O5/c1-12(2)27-17-14(23(25)26)6-7-16(20-17)21-10-13-8-9-22(15(13)11-21)18(24)28-19(3,4)5/h6-7,12-13,15H,8-11H2,1-5H3/t13-,15+/m1/s1. The third-order valence-corrected chi connectivity index (χ3v) is 4.87. The molecule has 2 fully saturated rings. The van der Waals surface area contributed by atoms with Crippen LogP contribution in [0.2, 0.25) is 0 Å². The van der Waals surface area contributed by atoms with E-state index in [1.165, 1.54) is 6.07 Å². The third-order valence-electron chi connectivity index (χ3n) is 4.87. The summed E-state index contributed by atoms with van der Waals surface area (Å²) in [6.07, 6.45) is 0.396. The minimum Gasteiger partial charge on any atom is -0.470 e. The summed E-state index contributed by atoms with van der Waals surface area (Å²) < 4.78 is 11.1. The predicted molar refractivity (Wildman–Crippen MR) is 104 cm³/mol. The first-order chi connectivity index (χ1) is 13.0. The monoisotopic (exact) mass is 392 g/mol. The van der Waals surface area contributed by atoms with Crippen molar-refractivity contribution in [3.05, 3.63) is 22.2 Å². The van der Waals surface area contributed by atoms with Crippen molar-refractivity contribution in [2.75, 3.05) is 24.5 Å². The normalized spacial score (nSPS) is 21.8. The smallest absolute Gasteiger partial charge is 0.410 e. The van der Waals surface area contributed by atoms with E-state index < -0.39 is 10.5 Å². The van der Waals surface area contributed by atoms with Gasteiger partial charge in [-0.05, 0) is 47.1 Å². The Bertz CT molecular complexity index is 761. The summed E-state index contributed by atoms with van der Waals surface area (Å²) in [5, 5.41) is 11.2. The maximum Gasteiger partial charge on any atom is 0.410 e. The topological polar surface area (TPSA) is 98.0 Å². The van der Waals surface area contributed by atoms with Crippen LogP contribution in [0.15, 0.2) is 12.1 Å². The van der Waals surface area contributed by atoms with Crippen LogP contribution in [0.25, 0.3) is 0 Å². The number of carbonyl (C=O) groups is 1. The molecule has 3 rings (SSSR count). The fraction of sp³-hybridized carbons (Fsp3) is 0.684. The Morgan fingerprint density at radius 2 is 2.04 bits per heavy atom. The van der Waals surface area contributed by atoms with Crippen LogP contribution in [0, 0.1) is 16.0 Å². The lowest BCUT2D eigenvalue weighted by atomic mass is 10.1. The summed E-state index contributed by atoms with van der Waals surface area (Å²) in [4.78, 5) is 31.5. The van der Waals surface area contributed by atoms with Gasteiger partial charge in [-0.25, -0.2) is 4.79 Å². The number of fused-ring (bicyclic) bond motifs is 1. The molecule has 28 heavy (non-hydrogen) atoms. The lowest BCUT2D eigenvalue weighted by Gasteiger charge is -2.28. The highest BCUT2D eigenvalue weighted by Crippen LogP contribution is 2.36. The van der Waals surface area contributed by atoms with Gasteiger partial charge in [0, 0.05) is 31.6 Å². The van der Waals surface area contributed by atoms with Gasteiger partial charge in [-0.2, -0.15) is 4.98 Å². The summed E-state index contributed by atoms with van der Waals surface area (Å²) in [6, 6.07) is 3.13. The molecule has 2 atom stereocenters. The van der Waals surface area contributed by atoms with Gasteiger partial charge in [-0.3, -0.25) is 10.1 Å². The highest BCUT2D eigenvalue weighted by atomic mass is 16.6. The van der Waals surface area contributed by atoms with Crippen molar-refractivity contribution in [2.24, 2.45) is 5.92 Å². The lowest BCUT2D eigenvalue weighted by Crippen LogP contribution is -2.42. The zero-order chi connectivity index (χ0) is 20.6. The average Bonchev–Trinajstić information content (AvgIpc) is 3.12. The molecule has 2 aliphatic rings. The minimum absolute atomic E-state index is 0.0264. The number of hydrogen-bond acceptors (Lipinski definition) is 7. The van der Waals surface area contributed by atoms with Gasteiger partial charge in [0.1, 0.15) is 11.4 Å². The quantitative estimate of drug-likeness (QED) is 0.573. The number of pyridine rings is 1. The fourth-order valence-electron chi connectivity index (χ4n) is 3.74. The number of rotatable bonds is 4. The molecule has 2 aliphatic heterocycles. The minimum atomic E-state index is -0.531. The summed E-state index contributed by atoms with van der Waals surface area (Å²) in [6.45, 7) is 11.2. The van der Waals surface area contributed by atoms with Crippen LogP contribution in [-0.2, 0) is 4.74 Å². The van der Waals surface area contributed by atoms with Crippen molar-refractivity contribution < 1.29 is 19.2 Å². The summed E-state index contributed by atoms with van der Waals surface area (Å²) in [5.74, 6) is 0.984. The first kappa shape index (κ1) is 20.2. The Labute approximate surface area is 164 Å². The molecule has 0 saturated carbocycles. The molecule has 9 heteroatoms. The van der Waals surface area contributed by atoms with Crippen molar-refractivity contribution >= 4 is 17.6 Å². The number of ether oxygens (including phenoxy) is 2. The number of anilines is 1. The molecule has 2 saturated heterocycles. The van der Waals surface area contributed by atoms with E-state index in [4.69, 9.17) is 9.47 Å². The molecule has 0 radical (unpaired) electrons. The molecule has 0 aliphatic carbocycles. The second-order valence-electron chi connectivity index (χ2n) is 8.61. The van der Waals surface area contributed by atoms with Crippen LogP contribution in [0.3, 0.4) is 0 Å². The average molecular weight is 392 g/mol. The van der Waals surface area contributed by atoms with E-state index >= 15 is 0 Å². The van der Waals surface area contributed by atoms with Crippen molar-refractivity contribution in [3.8, 4) is 5.88 Å². The molecule has 1 aromatic heterocycles. The highest BCUT2D eigenvalue weighted by Gasteiger charge is 2.45. The number of nitro groups is 1. The Morgan fingerprint density at radius 3 is 2.64 bits per heavy atom. The largest absolute Gasteiger partial charge is 0.470 e. The molecule has 1 amide bonds. The predicted octanol–water partition coefficient (Wildman–Crippen LogP) is 3.22. The van der Waals surface area contributed by atoms with E-state index in [0.29, 0.717) is 24.8 Å². The Balaban J connectivity index is 1.76. The summed E-state index contributed by atoms with van der Waals surface area (Å²) in [5.41, 5.74) is -0.677. The van der Waals surface area contributed by atoms with E-state index in [9.17, 15) is 14.9 Å². The van der Waals surface area contributed by atoms with Crippen LogP contribution < -0.4 is 9.64 Å². The van der Waals surface area contributed by atoms with Gasteiger partial charge in [-0.15, -0.1) is 0 Å². The fourth-order valence-corrected chi connectivity index (χ4v) is 3.74. The molecule has 0 unspecified atom stereocenters. The zero-order valence-electron chi connectivity index (χ0n) is 17.0. The number of nitrogens with zero attached hydrogens (tertiary/aromatic N) is 4. The van der Waals surface area contributed by atoms with Gasteiger partial charge in [0.2, 0.25) is 0 Å². The first-order valence-corrected chi connectivity index (χ1v) is 9.62. The van der Waals surface area contributed by atoms with E-state index in [1.54, 1.807) is 24.8 Å². The highest BCUT2D eigenvalue weighted by molar-refractivity contribution is 5.69. The molecular weight excluding hydrogens is 364 g/mol. The molecule has 0 bridgehead atoms. The Hall–Kier alpha value is -2.58. The zero-order valence-corrected chi connectivity index (χ0v) is 17.0. The Morgan fingerprint density at radius 1 is 1.32 bits per heavy atom. The maximum atomic E-state index is 12.5. The van der Waals surface area contributed by atoms with E-state index in [1.807, 2.05) is 20.8 Å². The lowest BCUT2D eigenvalue weighted by molar-refractivity contribution is -0.386. The van der Waals surface area contributed by atoms with E-state index in [0.717, 1.165) is 13.0 Å². The number of amides is 1. The van der Waals surface area contributed by atoms with Gasteiger partial charge in [0.25, 0.3) is 5.88 Å². The van der Waals surface area contributed by atoms with Gasteiger partial charge < -0.3 is 19.3 Å². The molecule has 1 aromatic rings. The van der Waals surface area contributed by atoms with Crippen molar-refractivity contribution in [3.63, 3.8) is 0 Å². The molecular formula is C19H28N4O5. The van der Waals surface area contributed by atoms with Gasteiger partial charge in [0.05, 0.1) is 17.1 Å². The summed E-state index contributed by atoms with van der Waals surface area (Å²) in [7, 11) is 0. The second kappa shape index (κ2) is 7.44. The first-order valence-electron chi connectivity index (χ1n) is 9.62. The van der Waals surface area contributed by atoms with Crippen molar-refractivity contribution in [1.29, 1.82) is 0 Å². The van der Waals surface area contributed by atoms with E-state index in [-0.39, 0.29) is 29.8 Å². The number of carbonyl (C=O) groups excluding carboxylic acids is 1. The van der Waals surface area contributed by atoms with Crippen molar-refractivity contribution in [2.45, 2.75) is 58.8 Å². The van der Waals surface area contributed by atoms with Gasteiger partial charge in [0.15, 0.2) is 0 Å². The molecule has 0 spiro atoms. The van der Waals surface area contributed by atoms with Crippen LogP contribution in [-0.4, -0.2) is 58.3 Å². The van der Waals surface area contributed by atoms with Crippen LogP contribution in [0.5, 0.6) is 5.88 Å². The molecule has 3 heterocycles. The number of hydrogen-bond donors (Lipinski definition) is 0. The van der Waals surface area contributed by atoms with Crippen LogP contribution in [0.1, 0.15) is 41.0 Å². The van der Waals surface area contributed by atoms with Crippen molar-refractivity contribution in [1.82, 2.24) is 9.88 Å². The van der Waals surface area contributed by atoms with Gasteiger partial charge >= 0.3 is 11.8 Å². The maximum absolute atomic E-state index is 12.5. The van der Waals surface area contributed by atoms with E-state index in [2.05, 4.69) is 9.88 Å². The second-order valence-corrected chi connectivity index (χ2v) is 8.61. The summed E-state index contributed by atoms with van der Waals surface area (Å²) >= 11 is 0. The van der Waals surface area contributed by atoms with Crippen LogP contribution in [0.4, 0.5) is 16.3 Å². The molecule has 154 valence electrons. The third kappa shape index (κ3) is 4.28. The number of aromatic nitrogens is 1. The Kier molecular flexibility index (Phi) is 5.36. The molecule has 0 aromatic carbocycles. The van der Waals surface area contributed by atoms with Crippen LogP contribution >= 0.6 is 0 Å². The van der Waals surface area contributed by atoms with Gasteiger partial charge in [-0.1, -0.05) is 0 Å². The molecule has 0 N–H and O–H groups in total. The number of likely N-dealkylation sites (tertiary alicyclic amines) is 1.